The first-order valence-electron chi connectivity index (χ1n) is 11.3. The van der Waals surface area contributed by atoms with E-state index >= 15 is 0 Å². The number of carbonyl (C=O) groups is 1. The zero-order valence-corrected chi connectivity index (χ0v) is 19.3. The molecule has 6 aromatic rings. The minimum absolute atomic E-state index is 0.0553. The van der Waals surface area contributed by atoms with E-state index in [0.717, 1.165) is 62.9 Å². The summed E-state index contributed by atoms with van der Waals surface area (Å²) in [6.45, 7) is 0. The number of nitrogens with one attached hydrogen (secondary N) is 3. The standard InChI is InChI=1S/C26H19N7OS/c34-26(14-3-4-14)30-16-6-15(9-27-10-16)20-8-18-23(13-29-20)32-33-25(18)21-7-17-19(24-2-1-5-35-24)11-28-12-22(17)31-21/h1-2,5-14,31H,3-4H2,(H,30,34)(H,32,33). The van der Waals surface area contributed by atoms with Crippen LogP contribution < -0.4 is 5.32 Å². The van der Waals surface area contributed by atoms with E-state index in [1.165, 1.54) is 4.88 Å². The largest absolute Gasteiger partial charge is 0.352 e. The lowest BCUT2D eigenvalue weighted by molar-refractivity contribution is -0.117. The Hall–Kier alpha value is -4.37. The fourth-order valence-corrected chi connectivity index (χ4v) is 5.08. The van der Waals surface area contributed by atoms with Gasteiger partial charge in [-0.15, -0.1) is 11.3 Å². The highest BCUT2D eigenvalue weighted by Crippen LogP contribution is 2.36. The molecule has 9 heteroatoms. The van der Waals surface area contributed by atoms with Crippen molar-refractivity contribution in [1.29, 1.82) is 0 Å². The summed E-state index contributed by atoms with van der Waals surface area (Å²) < 4.78 is 0. The second-order valence-electron chi connectivity index (χ2n) is 8.72. The van der Waals surface area contributed by atoms with Crippen LogP contribution in [0.1, 0.15) is 12.8 Å². The van der Waals surface area contributed by atoms with Crippen molar-refractivity contribution in [2.75, 3.05) is 5.32 Å². The number of aromatic nitrogens is 6. The quantitative estimate of drug-likeness (QED) is 0.297. The first kappa shape index (κ1) is 20.0. The number of thiophene rings is 1. The lowest BCUT2D eigenvalue weighted by atomic mass is 10.1. The molecule has 0 atom stereocenters. The van der Waals surface area contributed by atoms with Crippen LogP contribution in [0.2, 0.25) is 0 Å². The van der Waals surface area contributed by atoms with Crippen molar-refractivity contribution in [1.82, 2.24) is 30.1 Å². The Kier molecular flexibility index (Phi) is 4.49. The molecule has 1 saturated carbocycles. The van der Waals surface area contributed by atoms with Gasteiger partial charge in [-0.2, -0.15) is 5.10 Å². The Bertz CT molecular complexity index is 1710. The van der Waals surface area contributed by atoms with Crippen LogP contribution in [0, 0.1) is 5.92 Å². The number of carbonyl (C=O) groups excluding carboxylic acids is 1. The smallest absolute Gasteiger partial charge is 0.227 e. The summed E-state index contributed by atoms with van der Waals surface area (Å²) in [7, 11) is 0. The number of anilines is 1. The van der Waals surface area contributed by atoms with E-state index < -0.39 is 0 Å². The molecule has 7 rings (SSSR count). The van der Waals surface area contributed by atoms with Crippen LogP contribution in [0.5, 0.6) is 0 Å². The molecule has 6 heterocycles. The molecule has 1 fully saturated rings. The fourth-order valence-electron chi connectivity index (χ4n) is 4.32. The minimum Gasteiger partial charge on any atom is -0.352 e. The molecule has 0 radical (unpaired) electrons. The maximum atomic E-state index is 12.2. The molecule has 1 amide bonds. The summed E-state index contributed by atoms with van der Waals surface area (Å²) in [5.41, 5.74) is 6.86. The number of rotatable bonds is 5. The third kappa shape index (κ3) is 3.57. The van der Waals surface area contributed by atoms with Crippen LogP contribution in [0.25, 0.3) is 54.9 Å². The predicted octanol–water partition coefficient (Wildman–Crippen LogP) is 5.64. The molecule has 1 aliphatic rings. The van der Waals surface area contributed by atoms with E-state index in [-0.39, 0.29) is 11.8 Å². The highest BCUT2D eigenvalue weighted by molar-refractivity contribution is 7.13. The van der Waals surface area contributed by atoms with Crippen LogP contribution in [-0.2, 0) is 4.79 Å². The monoisotopic (exact) mass is 477 g/mol. The van der Waals surface area contributed by atoms with Gasteiger partial charge in [-0.25, -0.2) is 0 Å². The number of H-pyrrole nitrogens is 2. The molecule has 170 valence electrons. The lowest BCUT2D eigenvalue weighted by Crippen LogP contribution is -2.13. The summed E-state index contributed by atoms with van der Waals surface area (Å²) in [6.07, 6.45) is 10.8. The van der Waals surface area contributed by atoms with Gasteiger partial charge in [0.15, 0.2) is 0 Å². The molecule has 8 nitrogen and oxygen atoms in total. The van der Waals surface area contributed by atoms with Gasteiger partial charge in [0.25, 0.3) is 0 Å². The number of nitrogens with zero attached hydrogens (tertiary/aromatic N) is 4. The minimum atomic E-state index is 0.0553. The van der Waals surface area contributed by atoms with E-state index in [1.807, 2.05) is 30.6 Å². The van der Waals surface area contributed by atoms with Crippen LogP contribution >= 0.6 is 11.3 Å². The maximum absolute atomic E-state index is 12.2. The summed E-state index contributed by atoms with van der Waals surface area (Å²) >= 11 is 1.69. The molecule has 0 unspecified atom stereocenters. The molecule has 0 spiro atoms. The molecular weight excluding hydrogens is 458 g/mol. The Morgan fingerprint density at radius 2 is 1.91 bits per heavy atom. The molecule has 3 N–H and O–H groups in total. The van der Waals surface area contributed by atoms with Gasteiger partial charge in [0, 0.05) is 45.1 Å². The van der Waals surface area contributed by atoms with Gasteiger partial charge in [-0.05, 0) is 42.5 Å². The third-order valence-corrected chi connectivity index (χ3v) is 7.19. The van der Waals surface area contributed by atoms with Crippen LogP contribution in [0.3, 0.4) is 0 Å². The molecule has 1 aliphatic carbocycles. The molecule has 0 saturated heterocycles. The van der Waals surface area contributed by atoms with Crippen molar-refractivity contribution in [2.45, 2.75) is 12.8 Å². The highest BCUT2D eigenvalue weighted by Gasteiger charge is 2.29. The number of fused-ring (bicyclic) bond motifs is 2. The lowest BCUT2D eigenvalue weighted by Gasteiger charge is -2.06. The highest BCUT2D eigenvalue weighted by atomic mass is 32.1. The third-order valence-electron chi connectivity index (χ3n) is 6.28. The normalized spacial score (nSPS) is 13.5. The van der Waals surface area contributed by atoms with Gasteiger partial charge in [0.05, 0.1) is 46.7 Å². The summed E-state index contributed by atoms with van der Waals surface area (Å²) in [6, 6.07) is 10.2. The first-order chi connectivity index (χ1) is 17.2. The van der Waals surface area contributed by atoms with Gasteiger partial charge in [0.2, 0.25) is 5.91 Å². The number of aromatic amines is 2. The zero-order chi connectivity index (χ0) is 23.4. The Morgan fingerprint density at radius 3 is 2.77 bits per heavy atom. The molecule has 0 aliphatic heterocycles. The average Bonchev–Trinajstić information content (AvgIpc) is 3.26. The Balaban J connectivity index is 1.29. The predicted molar refractivity (Wildman–Crippen MR) is 137 cm³/mol. The molecule has 0 aromatic carbocycles. The maximum Gasteiger partial charge on any atom is 0.227 e. The molecule has 6 aromatic heterocycles. The number of hydrogen-bond donors (Lipinski definition) is 3. The fraction of sp³-hybridized carbons (Fsp3) is 0.115. The zero-order valence-electron chi connectivity index (χ0n) is 18.4. The summed E-state index contributed by atoms with van der Waals surface area (Å²) in [4.78, 5) is 30.2. The Labute approximate surface area is 203 Å². The van der Waals surface area contributed by atoms with Crippen molar-refractivity contribution < 1.29 is 4.79 Å². The van der Waals surface area contributed by atoms with E-state index in [4.69, 9.17) is 0 Å². The number of hydrogen-bond acceptors (Lipinski definition) is 6. The van der Waals surface area contributed by atoms with Gasteiger partial charge >= 0.3 is 0 Å². The number of pyridine rings is 3. The van der Waals surface area contributed by atoms with E-state index in [1.54, 1.807) is 29.9 Å². The first-order valence-corrected chi connectivity index (χ1v) is 12.2. The Morgan fingerprint density at radius 1 is 1.00 bits per heavy atom. The number of amides is 1. The summed E-state index contributed by atoms with van der Waals surface area (Å²) in [5, 5.41) is 14.7. The molecular formula is C26H19N7OS. The van der Waals surface area contributed by atoms with Crippen molar-refractivity contribution in [3.63, 3.8) is 0 Å². The second kappa shape index (κ2) is 7.85. The summed E-state index contributed by atoms with van der Waals surface area (Å²) in [5.74, 6) is 0.188. The van der Waals surface area contributed by atoms with Crippen molar-refractivity contribution in [3.05, 3.63) is 66.7 Å². The average molecular weight is 478 g/mol. The topological polar surface area (TPSA) is 112 Å². The van der Waals surface area contributed by atoms with Gasteiger partial charge < -0.3 is 10.3 Å². The van der Waals surface area contributed by atoms with Crippen LogP contribution in [0.15, 0.2) is 66.7 Å². The van der Waals surface area contributed by atoms with Crippen LogP contribution in [-0.4, -0.2) is 36.0 Å². The van der Waals surface area contributed by atoms with Crippen molar-refractivity contribution >= 4 is 44.7 Å². The molecule has 35 heavy (non-hydrogen) atoms. The van der Waals surface area contributed by atoms with Crippen molar-refractivity contribution in [2.24, 2.45) is 5.92 Å². The van der Waals surface area contributed by atoms with Crippen molar-refractivity contribution in [3.8, 4) is 33.1 Å². The van der Waals surface area contributed by atoms with E-state index in [9.17, 15) is 4.79 Å². The van der Waals surface area contributed by atoms with Gasteiger partial charge in [0.1, 0.15) is 5.69 Å². The second-order valence-corrected chi connectivity index (χ2v) is 9.67. The van der Waals surface area contributed by atoms with E-state index in [2.05, 4.69) is 53.0 Å². The van der Waals surface area contributed by atoms with Crippen LogP contribution in [0.4, 0.5) is 5.69 Å². The van der Waals surface area contributed by atoms with Gasteiger partial charge in [-0.1, -0.05) is 6.07 Å². The van der Waals surface area contributed by atoms with E-state index in [0.29, 0.717) is 5.69 Å². The molecule has 0 bridgehead atoms. The SMILES string of the molecule is O=C(Nc1cncc(-c2cc3c(-c4cc5c(-c6cccs6)cncc5[nH]4)n[nH]c3cn2)c1)C1CC1. The van der Waals surface area contributed by atoms with Gasteiger partial charge in [-0.3, -0.25) is 24.8 Å².